The Balaban J connectivity index is 2.13. The van der Waals surface area contributed by atoms with Gasteiger partial charge >= 0.3 is 0 Å². The highest BCUT2D eigenvalue weighted by atomic mass is 16.5. The molecule has 0 amide bonds. The fourth-order valence-electron chi connectivity index (χ4n) is 1.89. The number of unbranched alkanes of at least 4 members (excludes halogenated alkanes) is 3. The van der Waals surface area contributed by atoms with Crippen LogP contribution in [0.25, 0.3) is 0 Å². The lowest BCUT2D eigenvalue weighted by Crippen LogP contribution is -2.47. The first-order valence-electron chi connectivity index (χ1n) is 5.81. The van der Waals surface area contributed by atoms with Crippen molar-refractivity contribution in [1.29, 1.82) is 0 Å². The molecular weight excluding hydrogens is 178 g/mol. The molecule has 1 fully saturated rings. The zero-order valence-corrected chi connectivity index (χ0v) is 9.24. The Hall–Kier alpha value is -0.120. The van der Waals surface area contributed by atoms with E-state index in [4.69, 9.17) is 9.84 Å². The summed E-state index contributed by atoms with van der Waals surface area (Å²) in [5, 5.41) is 9.14. The number of morpholine rings is 1. The molecule has 0 spiro atoms. The molecule has 1 aliphatic heterocycles. The minimum absolute atomic E-state index is 0.230. The normalized spacial score (nSPS) is 24.0. The standard InChI is InChI=1S/C11H23NO2/c1-2-3-4-5-6-12-7-8-14-10-11(12)9-13/h11,13H,2-10H2,1H3. The summed E-state index contributed by atoms with van der Waals surface area (Å²) < 4.78 is 5.33. The van der Waals surface area contributed by atoms with Crippen LogP contribution in [0.5, 0.6) is 0 Å². The highest BCUT2D eigenvalue weighted by molar-refractivity contribution is 4.74. The van der Waals surface area contributed by atoms with E-state index in [1.807, 2.05) is 0 Å². The van der Waals surface area contributed by atoms with E-state index in [-0.39, 0.29) is 12.6 Å². The number of hydrogen-bond donors (Lipinski definition) is 1. The quantitative estimate of drug-likeness (QED) is 0.657. The van der Waals surface area contributed by atoms with Crippen molar-refractivity contribution in [3.8, 4) is 0 Å². The molecule has 1 N–H and O–H groups in total. The summed E-state index contributed by atoms with van der Waals surface area (Å²) in [6.07, 6.45) is 5.18. The first-order chi connectivity index (χ1) is 6.88. The molecule has 84 valence electrons. The monoisotopic (exact) mass is 201 g/mol. The summed E-state index contributed by atoms with van der Waals surface area (Å²) in [7, 11) is 0. The third-order valence-corrected chi connectivity index (χ3v) is 2.86. The van der Waals surface area contributed by atoms with Crippen LogP contribution in [0.15, 0.2) is 0 Å². The zero-order chi connectivity index (χ0) is 10.2. The molecule has 0 aromatic heterocycles. The van der Waals surface area contributed by atoms with E-state index in [0.717, 1.165) is 19.7 Å². The molecule has 0 saturated carbocycles. The molecule has 3 nitrogen and oxygen atoms in total. The Labute approximate surface area is 87.1 Å². The van der Waals surface area contributed by atoms with E-state index >= 15 is 0 Å². The van der Waals surface area contributed by atoms with Crippen molar-refractivity contribution in [2.45, 2.75) is 38.6 Å². The molecule has 1 atom stereocenters. The van der Waals surface area contributed by atoms with Crippen molar-refractivity contribution in [2.75, 3.05) is 32.9 Å². The van der Waals surface area contributed by atoms with Crippen molar-refractivity contribution < 1.29 is 9.84 Å². The molecule has 0 aromatic rings. The Morgan fingerprint density at radius 2 is 2.21 bits per heavy atom. The summed E-state index contributed by atoms with van der Waals surface area (Å²) in [4.78, 5) is 2.36. The summed E-state index contributed by atoms with van der Waals surface area (Å²) in [5.41, 5.74) is 0. The first kappa shape index (κ1) is 12.0. The maximum atomic E-state index is 9.14. The van der Waals surface area contributed by atoms with Crippen LogP contribution in [0.4, 0.5) is 0 Å². The molecule has 0 aromatic carbocycles. The molecule has 1 saturated heterocycles. The van der Waals surface area contributed by atoms with Gasteiger partial charge in [-0.05, 0) is 13.0 Å². The average molecular weight is 201 g/mol. The number of rotatable bonds is 6. The van der Waals surface area contributed by atoms with Gasteiger partial charge in [-0.2, -0.15) is 0 Å². The summed E-state index contributed by atoms with van der Waals surface area (Å²) in [6.45, 7) is 6.08. The molecule has 14 heavy (non-hydrogen) atoms. The lowest BCUT2D eigenvalue weighted by molar-refractivity contribution is -0.0278. The van der Waals surface area contributed by atoms with E-state index in [2.05, 4.69) is 11.8 Å². The summed E-state index contributed by atoms with van der Waals surface area (Å²) in [6, 6.07) is 0.241. The fraction of sp³-hybridized carbons (Fsp3) is 1.00. The SMILES string of the molecule is CCCCCCN1CCOCC1CO. The van der Waals surface area contributed by atoms with Gasteiger partial charge in [0.05, 0.1) is 25.9 Å². The van der Waals surface area contributed by atoms with Crippen LogP contribution in [0, 0.1) is 0 Å². The predicted octanol–water partition coefficient (Wildman–Crippen LogP) is 1.26. The van der Waals surface area contributed by atoms with E-state index in [1.54, 1.807) is 0 Å². The van der Waals surface area contributed by atoms with Crippen LogP contribution < -0.4 is 0 Å². The second-order valence-corrected chi connectivity index (χ2v) is 4.01. The Morgan fingerprint density at radius 3 is 2.93 bits per heavy atom. The molecule has 0 aliphatic carbocycles. The van der Waals surface area contributed by atoms with Crippen LogP contribution in [0.1, 0.15) is 32.6 Å². The van der Waals surface area contributed by atoms with Gasteiger partial charge in [0.1, 0.15) is 0 Å². The largest absolute Gasteiger partial charge is 0.395 e. The van der Waals surface area contributed by atoms with Crippen LogP contribution in [0.2, 0.25) is 0 Å². The maximum Gasteiger partial charge on any atom is 0.0644 e. The van der Waals surface area contributed by atoms with Crippen LogP contribution in [0.3, 0.4) is 0 Å². The summed E-state index contributed by atoms with van der Waals surface area (Å²) >= 11 is 0. The fourth-order valence-corrected chi connectivity index (χ4v) is 1.89. The van der Waals surface area contributed by atoms with E-state index in [9.17, 15) is 0 Å². The minimum Gasteiger partial charge on any atom is -0.395 e. The van der Waals surface area contributed by atoms with E-state index < -0.39 is 0 Å². The highest BCUT2D eigenvalue weighted by Gasteiger charge is 2.21. The Kier molecular flexibility index (Phi) is 6.15. The molecule has 3 heteroatoms. The van der Waals surface area contributed by atoms with Crippen molar-refractivity contribution in [3.05, 3.63) is 0 Å². The average Bonchev–Trinajstić information content (AvgIpc) is 2.25. The second kappa shape index (κ2) is 7.21. The van der Waals surface area contributed by atoms with Gasteiger partial charge in [0.2, 0.25) is 0 Å². The van der Waals surface area contributed by atoms with E-state index in [0.29, 0.717) is 6.61 Å². The molecule has 0 bridgehead atoms. The van der Waals surface area contributed by atoms with Gasteiger partial charge in [-0.25, -0.2) is 0 Å². The van der Waals surface area contributed by atoms with Gasteiger partial charge in [-0.1, -0.05) is 26.2 Å². The predicted molar refractivity (Wildman–Crippen MR) is 57.4 cm³/mol. The first-order valence-corrected chi connectivity index (χ1v) is 5.81. The molecule has 1 rings (SSSR count). The second-order valence-electron chi connectivity index (χ2n) is 4.01. The van der Waals surface area contributed by atoms with E-state index in [1.165, 1.54) is 25.7 Å². The third-order valence-electron chi connectivity index (χ3n) is 2.86. The highest BCUT2D eigenvalue weighted by Crippen LogP contribution is 2.09. The minimum atomic E-state index is 0.230. The number of hydrogen-bond acceptors (Lipinski definition) is 3. The third kappa shape index (κ3) is 3.95. The summed E-state index contributed by atoms with van der Waals surface area (Å²) in [5.74, 6) is 0. The lowest BCUT2D eigenvalue weighted by Gasteiger charge is -2.34. The van der Waals surface area contributed by atoms with Crippen molar-refractivity contribution >= 4 is 0 Å². The van der Waals surface area contributed by atoms with Crippen molar-refractivity contribution in [3.63, 3.8) is 0 Å². The number of nitrogens with zero attached hydrogens (tertiary/aromatic N) is 1. The molecule has 1 unspecified atom stereocenters. The van der Waals surface area contributed by atoms with Crippen molar-refractivity contribution in [2.24, 2.45) is 0 Å². The van der Waals surface area contributed by atoms with Crippen LogP contribution >= 0.6 is 0 Å². The van der Waals surface area contributed by atoms with Crippen molar-refractivity contribution in [1.82, 2.24) is 4.90 Å². The number of aliphatic hydroxyl groups excluding tert-OH is 1. The smallest absolute Gasteiger partial charge is 0.0644 e. The topological polar surface area (TPSA) is 32.7 Å². The number of aliphatic hydroxyl groups is 1. The van der Waals surface area contributed by atoms with Gasteiger partial charge in [-0.3, -0.25) is 4.90 Å². The molecule has 1 aliphatic rings. The molecule has 0 radical (unpaired) electrons. The molecular formula is C11H23NO2. The number of ether oxygens (including phenoxy) is 1. The van der Waals surface area contributed by atoms with Gasteiger partial charge < -0.3 is 9.84 Å². The molecule has 1 heterocycles. The lowest BCUT2D eigenvalue weighted by atomic mass is 10.1. The van der Waals surface area contributed by atoms with Gasteiger partial charge in [0.15, 0.2) is 0 Å². The Bertz CT molecular complexity index is 141. The van der Waals surface area contributed by atoms with Crippen LogP contribution in [-0.4, -0.2) is 49.0 Å². The maximum absolute atomic E-state index is 9.14. The van der Waals surface area contributed by atoms with Gasteiger partial charge in [0.25, 0.3) is 0 Å². The van der Waals surface area contributed by atoms with Gasteiger partial charge in [0, 0.05) is 6.54 Å². The van der Waals surface area contributed by atoms with Gasteiger partial charge in [-0.15, -0.1) is 0 Å². The Morgan fingerprint density at radius 1 is 1.36 bits per heavy atom. The zero-order valence-electron chi connectivity index (χ0n) is 9.24. The van der Waals surface area contributed by atoms with Crippen LogP contribution in [-0.2, 0) is 4.74 Å².